The predicted octanol–water partition coefficient (Wildman–Crippen LogP) is 2.24. The number of hydrogen-bond donors (Lipinski definition) is 2. The highest BCUT2D eigenvalue weighted by Crippen LogP contribution is 2.27. The Balaban J connectivity index is 2.21. The molecular formula is C15H13BrN4O2. The number of nitrogens with one attached hydrogen (secondary N) is 1. The van der Waals surface area contributed by atoms with Crippen LogP contribution in [-0.2, 0) is 4.79 Å². The van der Waals surface area contributed by atoms with Crippen LogP contribution in [0.15, 0.2) is 39.6 Å². The summed E-state index contributed by atoms with van der Waals surface area (Å²) in [4.78, 5) is 27.8. The second-order valence-corrected chi connectivity index (χ2v) is 5.76. The van der Waals surface area contributed by atoms with E-state index in [4.69, 9.17) is 5.73 Å². The number of halogens is 1. The lowest BCUT2D eigenvalue weighted by molar-refractivity contribution is -0.115. The third-order valence-corrected chi connectivity index (χ3v) is 3.87. The summed E-state index contributed by atoms with van der Waals surface area (Å²) in [6.07, 6.45) is 3.73. The van der Waals surface area contributed by atoms with Gasteiger partial charge in [0.2, 0.25) is 11.9 Å². The molecule has 0 saturated carbocycles. The van der Waals surface area contributed by atoms with E-state index in [0.717, 1.165) is 20.9 Å². The Morgan fingerprint density at radius 1 is 1.50 bits per heavy atom. The van der Waals surface area contributed by atoms with Crippen LogP contribution < -0.4 is 11.1 Å². The zero-order chi connectivity index (χ0) is 15.9. The van der Waals surface area contributed by atoms with Crippen molar-refractivity contribution in [3.63, 3.8) is 0 Å². The molecule has 0 atom stereocenters. The number of hydrogen-bond acceptors (Lipinski definition) is 4. The first-order valence-electron chi connectivity index (χ1n) is 6.70. The van der Waals surface area contributed by atoms with E-state index in [1.54, 1.807) is 23.8 Å². The van der Waals surface area contributed by atoms with E-state index in [1.807, 2.05) is 18.2 Å². The van der Waals surface area contributed by atoms with Crippen LogP contribution >= 0.6 is 15.9 Å². The maximum absolute atomic E-state index is 12.1. The van der Waals surface area contributed by atoms with Gasteiger partial charge in [-0.05, 0) is 18.2 Å². The van der Waals surface area contributed by atoms with Crippen molar-refractivity contribution in [3.05, 3.63) is 40.1 Å². The zero-order valence-corrected chi connectivity index (χ0v) is 13.3. The number of carbonyl (C=O) groups is 2. The monoisotopic (exact) mass is 360 g/mol. The van der Waals surface area contributed by atoms with E-state index in [9.17, 15) is 9.59 Å². The summed E-state index contributed by atoms with van der Waals surface area (Å²) in [5, 5.41) is 3.29. The highest BCUT2D eigenvalue weighted by atomic mass is 79.9. The fraction of sp³-hybridized carbons (Fsp3) is 0.133. The molecule has 0 aliphatic carbocycles. The highest BCUT2D eigenvalue weighted by molar-refractivity contribution is 9.10. The Morgan fingerprint density at radius 2 is 2.27 bits per heavy atom. The average molecular weight is 361 g/mol. The summed E-state index contributed by atoms with van der Waals surface area (Å²) < 4.78 is 2.47. The second-order valence-electron chi connectivity index (χ2n) is 4.84. The van der Waals surface area contributed by atoms with Crippen molar-refractivity contribution >= 4 is 50.7 Å². The van der Waals surface area contributed by atoms with Gasteiger partial charge in [-0.2, -0.15) is 0 Å². The first-order chi connectivity index (χ1) is 10.5. The standard InChI is InChI=1S/C15H13BrN4O2/c1-2-13(21)20-7-8(5-11-14(22)19-15(17)18-11)10-4-3-9(16)6-12(10)20/h3-7H,2H2,1H3,(H3,17,18,19,22)/b11-5+. The van der Waals surface area contributed by atoms with Gasteiger partial charge in [-0.25, -0.2) is 4.99 Å². The average Bonchev–Trinajstić information content (AvgIpc) is 2.99. The van der Waals surface area contributed by atoms with Crippen molar-refractivity contribution in [1.82, 2.24) is 9.88 Å². The third-order valence-electron chi connectivity index (χ3n) is 3.38. The van der Waals surface area contributed by atoms with Crippen molar-refractivity contribution in [2.75, 3.05) is 0 Å². The van der Waals surface area contributed by atoms with Crippen molar-refractivity contribution in [1.29, 1.82) is 0 Å². The Labute approximate surface area is 134 Å². The van der Waals surface area contributed by atoms with Crippen LogP contribution in [0.5, 0.6) is 0 Å². The zero-order valence-electron chi connectivity index (χ0n) is 11.8. The number of carbonyl (C=O) groups excluding carboxylic acids is 2. The number of guanidine groups is 1. The Bertz CT molecular complexity index is 864. The molecule has 1 aromatic heterocycles. The third kappa shape index (κ3) is 2.43. The number of nitrogens with zero attached hydrogens (tertiary/aromatic N) is 2. The number of aliphatic imine (C=N–C) groups is 1. The van der Waals surface area contributed by atoms with Crippen LogP contribution in [0.2, 0.25) is 0 Å². The lowest BCUT2D eigenvalue weighted by Gasteiger charge is -2.01. The molecule has 3 N–H and O–H groups in total. The maximum atomic E-state index is 12.1. The van der Waals surface area contributed by atoms with Gasteiger partial charge < -0.3 is 5.73 Å². The van der Waals surface area contributed by atoms with Crippen LogP contribution in [0, 0.1) is 0 Å². The van der Waals surface area contributed by atoms with E-state index < -0.39 is 0 Å². The lowest BCUT2D eigenvalue weighted by Crippen LogP contribution is -2.30. The molecule has 1 aliphatic heterocycles. The van der Waals surface area contributed by atoms with Gasteiger partial charge in [-0.15, -0.1) is 0 Å². The van der Waals surface area contributed by atoms with Gasteiger partial charge in [-0.1, -0.05) is 28.9 Å². The Kier molecular flexibility index (Phi) is 3.58. The molecular weight excluding hydrogens is 348 g/mol. The topological polar surface area (TPSA) is 89.5 Å². The molecule has 7 heteroatoms. The molecule has 2 aromatic rings. The van der Waals surface area contributed by atoms with Gasteiger partial charge in [0.15, 0.2) is 0 Å². The summed E-state index contributed by atoms with van der Waals surface area (Å²) in [7, 11) is 0. The lowest BCUT2D eigenvalue weighted by atomic mass is 10.1. The second kappa shape index (κ2) is 5.42. The molecule has 112 valence electrons. The summed E-state index contributed by atoms with van der Waals surface area (Å²) in [6, 6.07) is 5.65. The first kappa shape index (κ1) is 14.5. The molecule has 0 fully saturated rings. The molecule has 6 nitrogen and oxygen atoms in total. The number of rotatable bonds is 2. The van der Waals surface area contributed by atoms with Gasteiger partial charge in [0.1, 0.15) is 5.70 Å². The van der Waals surface area contributed by atoms with Gasteiger partial charge >= 0.3 is 0 Å². The molecule has 0 bridgehead atoms. The van der Waals surface area contributed by atoms with Crippen molar-refractivity contribution in [2.45, 2.75) is 13.3 Å². The summed E-state index contributed by atoms with van der Waals surface area (Å²) >= 11 is 3.41. The van der Waals surface area contributed by atoms with E-state index in [-0.39, 0.29) is 23.5 Å². The van der Waals surface area contributed by atoms with Crippen LogP contribution in [0.25, 0.3) is 17.0 Å². The van der Waals surface area contributed by atoms with Gasteiger partial charge in [0, 0.05) is 28.0 Å². The van der Waals surface area contributed by atoms with Crippen molar-refractivity contribution < 1.29 is 9.59 Å². The first-order valence-corrected chi connectivity index (χ1v) is 7.50. The minimum absolute atomic E-state index is 0.0216. The van der Waals surface area contributed by atoms with Crippen LogP contribution in [-0.4, -0.2) is 22.3 Å². The van der Waals surface area contributed by atoms with Gasteiger partial charge in [-0.3, -0.25) is 19.5 Å². The number of fused-ring (bicyclic) bond motifs is 1. The van der Waals surface area contributed by atoms with E-state index in [1.165, 1.54) is 0 Å². The number of amides is 1. The number of nitrogens with two attached hydrogens (primary N) is 1. The summed E-state index contributed by atoms with van der Waals surface area (Å²) in [5.74, 6) is -0.295. The minimum atomic E-state index is -0.350. The molecule has 1 amide bonds. The molecule has 0 unspecified atom stereocenters. The molecule has 0 spiro atoms. The number of aromatic nitrogens is 1. The fourth-order valence-corrected chi connectivity index (χ4v) is 2.70. The molecule has 1 aliphatic rings. The molecule has 0 saturated heterocycles. The highest BCUT2D eigenvalue weighted by Gasteiger charge is 2.19. The quantitative estimate of drug-likeness (QED) is 0.804. The smallest absolute Gasteiger partial charge is 0.276 e. The molecule has 1 aromatic carbocycles. The summed E-state index contributed by atoms with van der Waals surface area (Å²) in [6.45, 7) is 1.81. The Hall–Kier alpha value is -2.41. The largest absolute Gasteiger partial charge is 0.369 e. The predicted molar refractivity (Wildman–Crippen MR) is 88.3 cm³/mol. The van der Waals surface area contributed by atoms with E-state index in [2.05, 4.69) is 26.2 Å². The van der Waals surface area contributed by atoms with Crippen LogP contribution in [0.1, 0.15) is 23.7 Å². The molecule has 2 heterocycles. The molecule has 0 radical (unpaired) electrons. The van der Waals surface area contributed by atoms with Gasteiger partial charge in [0.05, 0.1) is 5.52 Å². The SMILES string of the molecule is CCC(=O)n1cc(/C=C2/N=C(N)NC2=O)c2ccc(Br)cc21. The maximum Gasteiger partial charge on any atom is 0.276 e. The van der Waals surface area contributed by atoms with Gasteiger partial charge in [0.25, 0.3) is 5.91 Å². The minimum Gasteiger partial charge on any atom is -0.369 e. The Morgan fingerprint density at radius 3 is 2.91 bits per heavy atom. The molecule has 22 heavy (non-hydrogen) atoms. The molecule has 3 rings (SSSR count). The van der Waals surface area contributed by atoms with E-state index in [0.29, 0.717) is 6.42 Å². The van der Waals surface area contributed by atoms with Crippen molar-refractivity contribution in [2.24, 2.45) is 10.7 Å². The summed E-state index contributed by atoms with van der Waals surface area (Å²) in [5.41, 5.74) is 7.24. The normalized spacial score (nSPS) is 16.2. The van der Waals surface area contributed by atoms with Crippen molar-refractivity contribution in [3.8, 4) is 0 Å². The van der Waals surface area contributed by atoms with Crippen LogP contribution in [0.4, 0.5) is 0 Å². The fourth-order valence-electron chi connectivity index (χ4n) is 2.35. The number of benzene rings is 1. The van der Waals surface area contributed by atoms with E-state index >= 15 is 0 Å². The van der Waals surface area contributed by atoms with Crippen LogP contribution in [0.3, 0.4) is 0 Å².